The molecule has 3 rings (SSSR count). The Morgan fingerprint density at radius 2 is 2.15 bits per heavy atom. The van der Waals surface area contributed by atoms with E-state index >= 15 is 0 Å². The number of aromatic nitrogens is 2. The summed E-state index contributed by atoms with van der Waals surface area (Å²) in [5.41, 5.74) is 0.559. The van der Waals surface area contributed by atoms with Crippen molar-refractivity contribution < 1.29 is 13.6 Å². The highest BCUT2D eigenvalue weighted by molar-refractivity contribution is 7.99. The topological polar surface area (TPSA) is 91.8 Å². The average molecular weight is 400 g/mol. The third-order valence-corrected chi connectivity index (χ3v) is 4.78. The molecule has 0 spiro atoms. The number of anilines is 1. The number of furan rings is 1. The van der Waals surface area contributed by atoms with Crippen molar-refractivity contribution in [3.8, 4) is 17.4 Å². The highest BCUT2D eigenvalue weighted by Gasteiger charge is 2.14. The molecule has 0 saturated carbocycles. The number of rotatable bonds is 6. The molecule has 0 fully saturated rings. The first kappa shape index (κ1) is 18.8. The predicted molar refractivity (Wildman–Crippen MR) is 103 cm³/mol. The summed E-state index contributed by atoms with van der Waals surface area (Å²) >= 11 is 2.51. The van der Waals surface area contributed by atoms with E-state index in [1.165, 1.54) is 30.0 Å². The Morgan fingerprint density at radius 3 is 2.85 bits per heavy atom. The number of nitrogens with zero attached hydrogens (tertiary/aromatic N) is 3. The number of benzene rings is 1. The van der Waals surface area contributed by atoms with Gasteiger partial charge in [-0.1, -0.05) is 18.7 Å². The molecule has 3 aromatic rings. The summed E-state index contributed by atoms with van der Waals surface area (Å²) in [5, 5.41) is 12.7. The van der Waals surface area contributed by atoms with Crippen molar-refractivity contribution in [1.29, 1.82) is 5.26 Å². The van der Waals surface area contributed by atoms with E-state index in [1.807, 2.05) is 13.0 Å². The quantitative estimate of drug-likeness (QED) is 0.369. The maximum Gasteiger partial charge on any atom is 0.268 e. The van der Waals surface area contributed by atoms with Gasteiger partial charge in [-0.3, -0.25) is 10.1 Å². The number of nitrogens with one attached hydrogen (secondary N) is 1. The molecule has 136 valence electrons. The summed E-state index contributed by atoms with van der Waals surface area (Å²) < 4.78 is 22.7. The van der Waals surface area contributed by atoms with E-state index in [-0.39, 0.29) is 11.4 Å². The maximum absolute atomic E-state index is 13.0. The van der Waals surface area contributed by atoms with Gasteiger partial charge in [0.2, 0.25) is 10.3 Å². The van der Waals surface area contributed by atoms with Crippen LogP contribution in [0.1, 0.15) is 12.7 Å². The van der Waals surface area contributed by atoms with Gasteiger partial charge in [-0.2, -0.15) is 14.6 Å². The van der Waals surface area contributed by atoms with Gasteiger partial charge in [-0.05, 0) is 42.2 Å². The minimum absolute atomic E-state index is 0.130. The van der Waals surface area contributed by atoms with Crippen LogP contribution >= 0.6 is 23.3 Å². The van der Waals surface area contributed by atoms with Crippen LogP contribution < -0.4 is 5.32 Å². The standard InChI is InChI=1S/C18H13FN4O2S2/c1-2-26-18-22-17(27-23-18)21-16(24)12(10-20)9-14-7-8-15(25-14)11-3-5-13(19)6-4-11/h3-9H,2H2,1H3,(H,21,22,23,24)/b12-9-. The van der Waals surface area contributed by atoms with Gasteiger partial charge in [0.25, 0.3) is 5.91 Å². The minimum Gasteiger partial charge on any atom is -0.457 e. The van der Waals surface area contributed by atoms with Crippen LogP contribution in [0.5, 0.6) is 0 Å². The van der Waals surface area contributed by atoms with Crippen LogP contribution in [0.4, 0.5) is 9.52 Å². The summed E-state index contributed by atoms with van der Waals surface area (Å²) in [7, 11) is 0. The zero-order valence-corrected chi connectivity index (χ0v) is 15.7. The van der Waals surface area contributed by atoms with Gasteiger partial charge in [0, 0.05) is 23.2 Å². The molecule has 0 bridgehead atoms. The highest BCUT2D eigenvalue weighted by Crippen LogP contribution is 2.24. The Hall–Kier alpha value is -2.96. The van der Waals surface area contributed by atoms with E-state index in [9.17, 15) is 14.4 Å². The summed E-state index contributed by atoms with van der Waals surface area (Å²) in [4.78, 5) is 16.4. The fourth-order valence-electron chi connectivity index (χ4n) is 2.10. The lowest BCUT2D eigenvalue weighted by molar-refractivity contribution is -0.112. The van der Waals surface area contributed by atoms with Gasteiger partial charge in [0.15, 0.2) is 0 Å². The van der Waals surface area contributed by atoms with Gasteiger partial charge >= 0.3 is 0 Å². The van der Waals surface area contributed by atoms with Gasteiger partial charge in [0.1, 0.15) is 29.0 Å². The van der Waals surface area contributed by atoms with Crippen molar-refractivity contribution in [2.24, 2.45) is 0 Å². The van der Waals surface area contributed by atoms with Gasteiger partial charge in [-0.15, -0.1) is 0 Å². The monoisotopic (exact) mass is 400 g/mol. The molecule has 1 aromatic carbocycles. The molecule has 2 heterocycles. The predicted octanol–water partition coefficient (Wildman–Crippen LogP) is 4.59. The van der Waals surface area contributed by atoms with Crippen LogP contribution in [0, 0.1) is 17.1 Å². The van der Waals surface area contributed by atoms with Crippen LogP contribution in [0.15, 0.2) is 51.5 Å². The van der Waals surface area contributed by atoms with Crippen molar-refractivity contribution in [1.82, 2.24) is 9.36 Å². The summed E-state index contributed by atoms with van der Waals surface area (Å²) in [6.07, 6.45) is 1.34. The summed E-state index contributed by atoms with van der Waals surface area (Å²) in [6, 6.07) is 11.0. The van der Waals surface area contributed by atoms with Gasteiger partial charge in [-0.25, -0.2) is 4.39 Å². The second kappa shape index (κ2) is 8.62. The SMILES string of the molecule is CCSc1nsc(NC(=O)/C(C#N)=C\c2ccc(-c3ccc(F)cc3)o2)n1. The van der Waals surface area contributed by atoms with Crippen molar-refractivity contribution in [3.63, 3.8) is 0 Å². The van der Waals surface area contributed by atoms with Crippen molar-refractivity contribution in [2.75, 3.05) is 11.1 Å². The molecule has 0 aliphatic carbocycles. The van der Waals surface area contributed by atoms with Crippen LogP contribution in [-0.2, 0) is 4.79 Å². The van der Waals surface area contributed by atoms with E-state index in [0.29, 0.717) is 27.4 Å². The molecule has 6 nitrogen and oxygen atoms in total. The molecule has 0 saturated heterocycles. The first-order valence-electron chi connectivity index (χ1n) is 7.84. The molecule has 0 aliphatic heterocycles. The lowest BCUT2D eigenvalue weighted by Crippen LogP contribution is -2.13. The fraction of sp³-hybridized carbons (Fsp3) is 0.111. The summed E-state index contributed by atoms with van der Waals surface area (Å²) in [5.74, 6) is 0.722. The number of amides is 1. The van der Waals surface area contributed by atoms with E-state index in [1.54, 1.807) is 24.3 Å². The van der Waals surface area contributed by atoms with Crippen molar-refractivity contribution in [2.45, 2.75) is 12.1 Å². The number of carbonyl (C=O) groups is 1. The Bertz CT molecular complexity index is 1020. The third-order valence-electron chi connectivity index (χ3n) is 3.31. The van der Waals surface area contributed by atoms with Gasteiger partial charge < -0.3 is 4.42 Å². The number of carbonyl (C=O) groups excluding carboxylic acids is 1. The van der Waals surface area contributed by atoms with E-state index in [0.717, 1.165) is 17.3 Å². The first-order valence-corrected chi connectivity index (χ1v) is 9.60. The molecule has 2 aromatic heterocycles. The number of halogens is 1. The Kier molecular flexibility index (Phi) is 6.01. The second-order valence-corrected chi connectivity index (χ2v) is 7.13. The zero-order valence-electron chi connectivity index (χ0n) is 14.1. The summed E-state index contributed by atoms with van der Waals surface area (Å²) in [6.45, 7) is 1.98. The largest absolute Gasteiger partial charge is 0.457 e. The molecular formula is C18H13FN4O2S2. The molecule has 1 amide bonds. The fourth-order valence-corrected chi connectivity index (χ4v) is 3.37. The van der Waals surface area contributed by atoms with Crippen molar-refractivity contribution >= 4 is 40.4 Å². The molecular weight excluding hydrogens is 387 g/mol. The molecule has 27 heavy (non-hydrogen) atoms. The number of thioether (sulfide) groups is 1. The number of nitriles is 1. The Morgan fingerprint density at radius 1 is 1.37 bits per heavy atom. The van der Waals surface area contributed by atoms with E-state index in [4.69, 9.17) is 4.42 Å². The third kappa shape index (κ3) is 4.81. The maximum atomic E-state index is 13.0. The molecule has 0 aliphatic rings. The second-order valence-electron chi connectivity index (χ2n) is 5.15. The lowest BCUT2D eigenvalue weighted by atomic mass is 10.2. The van der Waals surface area contributed by atoms with Crippen LogP contribution in [-0.4, -0.2) is 21.0 Å². The van der Waals surface area contributed by atoms with Gasteiger partial charge in [0.05, 0.1) is 0 Å². The highest BCUT2D eigenvalue weighted by atomic mass is 32.2. The van der Waals surface area contributed by atoms with E-state index < -0.39 is 5.91 Å². The lowest BCUT2D eigenvalue weighted by Gasteiger charge is -1.99. The Labute approximate surface area is 162 Å². The first-order chi connectivity index (χ1) is 13.1. The number of hydrogen-bond acceptors (Lipinski definition) is 7. The van der Waals surface area contributed by atoms with Crippen molar-refractivity contribution in [3.05, 3.63) is 53.5 Å². The Balaban J connectivity index is 1.74. The van der Waals surface area contributed by atoms with E-state index in [2.05, 4.69) is 14.7 Å². The zero-order chi connectivity index (χ0) is 19.2. The normalized spacial score (nSPS) is 11.2. The van der Waals surface area contributed by atoms with Crippen LogP contribution in [0.25, 0.3) is 17.4 Å². The average Bonchev–Trinajstić information content (AvgIpc) is 3.30. The minimum atomic E-state index is -0.596. The molecule has 9 heteroatoms. The number of hydrogen-bond donors (Lipinski definition) is 1. The van der Waals surface area contributed by atoms with Crippen LogP contribution in [0.3, 0.4) is 0 Å². The molecule has 0 radical (unpaired) electrons. The molecule has 0 atom stereocenters. The molecule has 0 unspecified atom stereocenters. The van der Waals surface area contributed by atoms with Crippen LogP contribution in [0.2, 0.25) is 0 Å². The smallest absolute Gasteiger partial charge is 0.268 e. The molecule has 1 N–H and O–H groups in total.